The molecule has 0 fully saturated rings. The van der Waals surface area contributed by atoms with Crippen molar-refractivity contribution in [3.63, 3.8) is 0 Å². The van der Waals surface area contributed by atoms with Gasteiger partial charge in [-0.3, -0.25) is 4.79 Å². The van der Waals surface area contributed by atoms with Crippen LogP contribution in [-0.2, 0) is 4.79 Å². The van der Waals surface area contributed by atoms with Crippen molar-refractivity contribution in [2.45, 2.75) is 18.2 Å². The molecule has 0 N–H and O–H groups in total. The number of carbonyl (C=O) groups is 1. The van der Waals surface area contributed by atoms with Gasteiger partial charge in [0.1, 0.15) is 0 Å². The molecule has 2 nitrogen and oxygen atoms in total. The zero-order valence-corrected chi connectivity index (χ0v) is 11.8. The van der Waals surface area contributed by atoms with E-state index < -0.39 is 0 Å². The van der Waals surface area contributed by atoms with E-state index in [1.54, 1.807) is 17.8 Å². The molecule has 2 aromatic carbocycles. The van der Waals surface area contributed by atoms with E-state index in [0.29, 0.717) is 6.42 Å². The standard InChI is InChI=1S/C16H15NOS/c1-3-12(18)10-15-17(2)16-13-7-5-4-6-11(13)8-9-14(16)19-15/h4-10H,3H2,1-2H3. The number of ketones is 1. The van der Waals surface area contributed by atoms with Gasteiger partial charge in [0, 0.05) is 29.8 Å². The summed E-state index contributed by atoms with van der Waals surface area (Å²) in [7, 11) is 2.03. The Labute approximate surface area is 117 Å². The molecule has 3 heteroatoms. The lowest BCUT2D eigenvalue weighted by Crippen LogP contribution is -2.11. The van der Waals surface area contributed by atoms with Crippen LogP contribution < -0.4 is 4.90 Å². The summed E-state index contributed by atoms with van der Waals surface area (Å²) in [6, 6.07) is 12.6. The molecule has 1 aliphatic rings. The van der Waals surface area contributed by atoms with Crippen LogP contribution in [0.4, 0.5) is 5.69 Å². The molecule has 0 aromatic heterocycles. The molecule has 0 amide bonds. The van der Waals surface area contributed by atoms with E-state index in [-0.39, 0.29) is 5.78 Å². The van der Waals surface area contributed by atoms with Crippen LogP contribution in [0.15, 0.2) is 52.4 Å². The Morgan fingerprint density at radius 1 is 1.26 bits per heavy atom. The van der Waals surface area contributed by atoms with Crippen molar-refractivity contribution in [2.75, 3.05) is 11.9 Å². The van der Waals surface area contributed by atoms with Crippen molar-refractivity contribution in [1.82, 2.24) is 0 Å². The third-order valence-electron chi connectivity index (χ3n) is 3.38. The van der Waals surface area contributed by atoms with Gasteiger partial charge in [-0.2, -0.15) is 0 Å². The quantitative estimate of drug-likeness (QED) is 0.762. The molecule has 2 aromatic rings. The molecule has 0 atom stereocenters. The summed E-state index contributed by atoms with van der Waals surface area (Å²) in [5.74, 6) is 0.173. The van der Waals surface area contributed by atoms with Gasteiger partial charge in [-0.1, -0.05) is 49.0 Å². The normalized spacial score (nSPS) is 16.1. The molecular weight excluding hydrogens is 254 g/mol. The second-order valence-electron chi connectivity index (χ2n) is 4.60. The summed E-state index contributed by atoms with van der Waals surface area (Å²) >= 11 is 1.67. The molecule has 0 saturated heterocycles. The maximum atomic E-state index is 11.6. The highest BCUT2D eigenvalue weighted by Gasteiger charge is 2.24. The molecule has 96 valence electrons. The van der Waals surface area contributed by atoms with Crippen LogP contribution in [0.3, 0.4) is 0 Å². The summed E-state index contributed by atoms with van der Waals surface area (Å²) in [4.78, 5) is 15.0. The van der Waals surface area contributed by atoms with Crippen LogP contribution in [0, 0.1) is 0 Å². The second kappa shape index (κ2) is 4.74. The maximum Gasteiger partial charge on any atom is 0.158 e. The molecule has 0 saturated carbocycles. The van der Waals surface area contributed by atoms with Gasteiger partial charge in [-0.25, -0.2) is 0 Å². The van der Waals surface area contributed by atoms with Crippen molar-refractivity contribution >= 4 is 34.0 Å². The first-order valence-electron chi connectivity index (χ1n) is 6.38. The minimum Gasteiger partial charge on any atom is -0.338 e. The van der Waals surface area contributed by atoms with Crippen LogP contribution in [0.5, 0.6) is 0 Å². The fraction of sp³-hybridized carbons (Fsp3) is 0.188. The summed E-state index contributed by atoms with van der Waals surface area (Å²) in [6.07, 6.45) is 2.30. The molecule has 0 aliphatic carbocycles. The van der Waals surface area contributed by atoms with Crippen molar-refractivity contribution in [2.24, 2.45) is 0 Å². The van der Waals surface area contributed by atoms with E-state index in [9.17, 15) is 4.79 Å². The SMILES string of the molecule is CCC(=O)C=C1Sc2ccc3ccccc3c2N1C. The molecule has 3 rings (SSSR count). The van der Waals surface area contributed by atoms with Crippen molar-refractivity contribution in [3.05, 3.63) is 47.5 Å². The number of allylic oxidation sites excluding steroid dienone is 1. The Hall–Kier alpha value is -1.74. The number of fused-ring (bicyclic) bond motifs is 3. The molecule has 0 spiro atoms. The summed E-state index contributed by atoms with van der Waals surface area (Å²) in [6.45, 7) is 1.89. The number of rotatable bonds is 2. The van der Waals surface area contributed by atoms with E-state index in [1.165, 1.54) is 21.4 Å². The van der Waals surface area contributed by atoms with Gasteiger partial charge in [-0.15, -0.1) is 0 Å². The number of anilines is 1. The van der Waals surface area contributed by atoms with Crippen LogP contribution >= 0.6 is 11.8 Å². The lowest BCUT2D eigenvalue weighted by Gasteiger charge is -2.15. The first kappa shape index (κ1) is 12.3. The first-order chi connectivity index (χ1) is 9.20. The molecule has 0 unspecified atom stereocenters. The third kappa shape index (κ3) is 2.04. The predicted octanol–water partition coefficient (Wildman–Crippen LogP) is 4.20. The average molecular weight is 269 g/mol. The second-order valence-corrected chi connectivity index (χ2v) is 5.66. The third-order valence-corrected chi connectivity index (χ3v) is 4.53. The average Bonchev–Trinajstić information content (AvgIpc) is 2.76. The Morgan fingerprint density at radius 2 is 2.05 bits per heavy atom. The largest absolute Gasteiger partial charge is 0.338 e. The number of benzene rings is 2. The Morgan fingerprint density at radius 3 is 2.84 bits per heavy atom. The molecule has 19 heavy (non-hydrogen) atoms. The lowest BCUT2D eigenvalue weighted by molar-refractivity contribution is -0.114. The Bertz CT molecular complexity index is 690. The molecule has 0 radical (unpaired) electrons. The molecular formula is C16H15NOS. The fourth-order valence-corrected chi connectivity index (χ4v) is 3.44. The van der Waals surface area contributed by atoms with Crippen LogP contribution in [0.2, 0.25) is 0 Å². The zero-order valence-electron chi connectivity index (χ0n) is 11.0. The summed E-state index contributed by atoms with van der Waals surface area (Å²) in [5.41, 5.74) is 1.21. The first-order valence-corrected chi connectivity index (χ1v) is 7.20. The van der Waals surface area contributed by atoms with E-state index in [0.717, 1.165) is 5.03 Å². The van der Waals surface area contributed by atoms with Gasteiger partial charge in [0.15, 0.2) is 5.78 Å². The number of carbonyl (C=O) groups excluding carboxylic acids is 1. The van der Waals surface area contributed by atoms with E-state index in [4.69, 9.17) is 0 Å². The van der Waals surface area contributed by atoms with E-state index >= 15 is 0 Å². The Kier molecular flexibility index (Phi) is 3.07. The van der Waals surface area contributed by atoms with Gasteiger partial charge in [0.25, 0.3) is 0 Å². The highest BCUT2D eigenvalue weighted by atomic mass is 32.2. The maximum absolute atomic E-state index is 11.6. The predicted molar refractivity (Wildman–Crippen MR) is 81.6 cm³/mol. The Balaban J connectivity index is 2.13. The summed E-state index contributed by atoms with van der Waals surface area (Å²) < 4.78 is 0. The van der Waals surface area contributed by atoms with Crippen molar-refractivity contribution in [1.29, 1.82) is 0 Å². The van der Waals surface area contributed by atoms with Gasteiger partial charge in [-0.05, 0) is 11.5 Å². The van der Waals surface area contributed by atoms with Crippen molar-refractivity contribution < 1.29 is 4.79 Å². The topological polar surface area (TPSA) is 20.3 Å². The smallest absolute Gasteiger partial charge is 0.158 e. The molecule has 0 bridgehead atoms. The lowest BCUT2D eigenvalue weighted by atomic mass is 10.1. The number of hydrogen-bond donors (Lipinski definition) is 0. The fourth-order valence-electron chi connectivity index (χ4n) is 2.32. The van der Waals surface area contributed by atoms with E-state index in [1.807, 2.05) is 20.0 Å². The van der Waals surface area contributed by atoms with Gasteiger partial charge < -0.3 is 4.90 Å². The van der Waals surface area contributed by atoms with E-state index in [2.05, 4.69) is 35.2 Å². The molecule has 1 aliphatic heterocycles. The van der Waals surface area contributed by atoms with Crippen LogP contribution in [0.25, 0.3) is 10.8 Å². The van der Waals surface area contributed by atoms with Crippen molar-refractivity contribution in [3.8, 4) is 0 Å². The highest BCUT2D eigenvalue weighted by molar-refractivity contribution is 8.03. The zero-order chi connectivity index (χ0) is 13.4. The number of thioether (sulfide) groups is 1. The monoisotopic (exact) mass is 269 g/mol. The minimum atomic E-state index is 0.173. The summed E-state index contributed by atoms with van der Waals surface area (Å²) in [5, 5.41) is 3.48. The highest BCUT2D eigenvalue weighted by Crippen LogP contribution is 2.48. The molecule has 1 heterocycles. The minimum absolute atomic E-state index is 0.173. The van der Waals surface area contributed by atoms with Crippen LogP contribution in [0.1, 0.15) is 13.3 Å². The number of hydrogen-bond acceptors (Lipinski definition) is 3. The van der Waals surface area contributed by atoms with Gasteiger partial charge in [0.05, 0.1) is 10.7 Å². The van der Waals surface area contributed by atoms with Crippen LogP contribution in [-0.4, -0.2) is 12.8 Å². The van der Waals surface area contributed by atoms with Gasteiger partial charge >= 0.3 is 0 Å². The number of nitrogens with zero attached hydrogens (tertiary/aromatic N) is 1. The van der Waals surface area contributed by atoms with Gasteiger partial charge in [0.2, 0.25) is 0 Å².